The van der Waals surface area contributed by atoms with Crippen molar-refractivity contribution in [1.82, 2.24) is 15.1 Å². The van der Waals surface area contributed by atoms with Crippen LogP contribution in [0.5, 0.6) is 0 Å². The van der Waals surface area contributed by atoms with Crippen molar-refractivity contribution in [2.45, 2.75) is 69.8 Å². The number of amides is 3. The van der Waals surface area contributed by atoms with Crippen LogP contribution in [0.4, 0.5) is 13.2 Å². The first kappa shape index (κ1) is 29.3. The molecule has 1 saturated carbocycles. The van der Waals surface area contributed by atoms with Crippen molar-refractivity contribution in [3.63, 3.8) is 0 Å². The molecule has 214 valence electrons. The number of hydrogen-bond donors (Lipinski definition) is 2. The number of aliphatic hydroxyl groups excluding tert-OH is 1. The monoisotopic (exact) mass is 557 g/mol. The fraction of sp³-hybridized carbons (Fsp3) is 0.433. The Morgan fingerprint density at radius 3 is 2.17 bits per heavy atom. The van der Waals surface area contributed by atoms with E-state index in [0.717, 1.165) is 32.1 Å². The molecule has 10 heteroatoms. The van der Waals surface area contributed by atoms with E-state index < -0.39 is 42.7 Å². The third-order valence-electron chi connectivity index (χ3n) is 7.56. The van der Waals surface area contributed by atoms with E-state index in [1.54, 1.807) is 66.9 Å². The minimum absolute atomic E-state index is 0.0952. The Morgan fingerprint density at radius 1 is 1.00 bits per heavy atom. The Kier molecular flexibility index (Phi) is 9.29. The zero-order valence-electron chi connectivity index (χ0n) is 22.3. The summed E-state index contributed by atoms with van der Waals surface area (Å²) < 4.78 is 40.6. The van der Waals surface area contributed by atoms with Crippen molar-refractivity contribution in [2.24, 2.45) is 5.92 Å². The van der Waals surface area contributed by atoms with Crippen LogP contribution < -0.4 is 5.32 Å². The van der Waals surface area contributed by atoms with Gasteiger partial charge in [-0.1, -0.05) is 79.9 Å². The number of hydrogen-bond acceptors (Lipinski definition) is 4. The van der Waals surface area contributed by atoms with Gasteiger partial charge >= 0.3 is 6.18 Å². The predicted octanol–water partition coefficient (Wildman–Crippen LogP) is 4.28. The van der Waals surface area contributed by atoms with Crippen molar-refractivity contribution in [3.8, 4) is 0 Å². The first-order valence-electron chi connectivity index (χ1n) is 13.5. The molecule has 0 radical (unpaired) electrons. The van der Waals surface area contributed by atoms with Gasteiger partial charge < -0.3 is 15.3 Å². The first-order valence-corrected chi connectivity index (χ1v) is 13.5. The van der Waals surface area contributed by atoms with Crippen LogP contribution in [0.1, 0.15) is 50.2 Å². The largest absolute Gasteiger partial charge is 0.416 e. The van der Waals surface area contributed by atoms with Crippen molar-refractivity contribution < 1.29 is 32.7 Å². The second-order valence-electron chi connectivity index (χ2n) is 10.4. The van der Waals surface area contributed by atoms with Gasteiger partial charge in [-0.15, -0.1) is 0 Å². The normalized spacial score (nSPS) is 20.1. The maximum Gasteiger partial charge on any atom is 0.416 e. The summed E-state index contributed by atoms with van der Waals surface area (Å²) in [5.74, 6) is -1.70. The number of carbonyl (C=O) groups is 3. The summed E-state index contributed by atoms with van der Waals surface area (Å²) >= 11 is 0. The molecule has 2 aromatic carbocycles. The SMILES string of the molecule is CC(=O)N1C=C(c2ccccc2)N(CC(=O)NC(Cc2ccccc2)C(O)C(F)(F)F)C(=O)C1C1CCCCC1. The molecule has 0 saturated heterocycles. The molecule has 3 unspecified atom stereocenters. The molecule has 0 aromatic heterocycles. The summed E-state index contributed by atoms with van der Waals surface area (Å²) in [5, 5.41) is 12.4. The number of aliphatic hydroxyl groups is 1. The maximum absolute atomic E-state index is 14.0. The van der Waals surface area contributed by atoms with Gasteiger partial charge in [-0.3, -0.25) is 19.3 Å². The Labute approximate surface area is 231 Å². The molecule has 1 heterocycles. The van der Waals surface area contributed by atoms with E-state index in [0.29, 0.717) is 16.8 Å². The molecule has 3 amide bonds. The first-order chi connectivity index (χ1) is 19.1. The number of benzene rings is 2. The van der Waals surface area contributed by atoms with Crippen LogP contribution in [0.25, 0.3) is 5.70 Å². The van der Waals surface area contributed by atoms with E-state index in [9.17, 15) is 32.7 Å². The van der Waals surface area contributed by atoms with E-state index in [1.807, 2.05) is 0 Å². The third kappa shape index (κ3) is 6.91. The molecule has 7 nitrogen and oxygen atoms in total. The number of rotatable bonds is 8. The van der Waals surface area contributed by atoms with E-state index in [-0.39, 0.29) is 18.2 Å². The highest BCUT2D eigenvalue weighted by Crippen LogP contribution is 2.36. The van der Waals surface area contributed by atoms with E-state index in [4.69, 9.17) is 0 Å². The highest BCUT2D eigenvalue weighted by atomic mass is 19.4. The lowest BCUT2D eigenvalue weighted by Gasteiger charge is -2.43. The Bertz CT molecular complexity index is 1210. The van der Waals surface area contributed by atoms with Gasteiger partial charge in [0.15, 0.2) is 6.10 Å². The Hall–Kier alpha value is -3.66. The Balaban J connectivity index is 1.64. The molecule has 1 fully saturated rings. The molecular formula is C30H34F3N3O4. The molecule has 0 spiro atoms. The number of carbonyl (C=O) groups excluding carboxylic acids is 3. The van der Waals surface area contributed by atoms with Gasteiger partial charge in [0.2, 0.25) is 11.8 Å². The third-order valence-corrected chi connectivity index (χ3v) is 7.56. The van der Waals surface area contributed by atoms with Gasteiger partial charge in [0.05, 0.1) is 11.7 Å². The van der Waals surface area contributed by atoms with Crippen LogP contribution in [0.2, 0.25) is 0 Å². The fourth-order valence-corrected chi connectivity index (χ4v) is 5.58. The highest BCUT2D eigenvalue weighted by Gasteiger charge is 2.46. The lowest BCUT2D eigenvalue weighted by molar-refractivity contribution is -0.212. The summed E-state index contributed by atoms with van der Waals surface area (Å²) in [6.07, 6.45) is -2.06. The average molecular weight is 558 g/mol. The molecule has 4 rings (SSSR count). The molecule has 1 aliphatic heterocycles. The summed E-state index contributed by atoms with van der Waals surface area (Å²) in [4.78, 5) is 42.7. The van der Waals surface area contributed by atoms with Crippen LogP contribution in [0, 0.1) is 5.92 Å². The average Bonchev–Trinajstić information content (AvgIpc) is 2.94. The molecule has 1 aliphatic carbocycles. The smallest absolute Gasteiger partial charge is 0.382 e. The van der Waals surface area contributed by atoms with Gasteiger partial charge in [-0.2, -0.15) is 13.2 Å². The van der Waals surface area contributed by atoms with Crippen molar-refractivity contribution >= 4 is 23.4 Å². The summed E-state index contributed by atoms with van der Waals surface area (Å²) in [7, 11) is 0. The molecule has 2 aromatic rings. The molecule has 2 aliphatic rings. The predicted molar refractivity (Wildman–Crippen MR) is 143 cm³/mol. The summed E-state index contributed by atoms with van der Waals surface area (Å²) in [5.41, 5.74) is 1.39. The van der Waals surface area contributed by atoms with Crippen LogP contribution >= 0.6 is 0 Å². The van der Waals surface area contributed by atoms with E-state index >= 15 is 0 Å². The number of alkyl halides is 3. The van der Waals surface area contributed by atoms with Crippen molar-refractivity contribution in [3.05, 3.63) is 78.0 Å². The maximum atomic E-state index is 14.0. The van der Waals surface area contributed by atoms with Gasteiger partial charge in [-0.25, -0.2) is 0 Å². The molecular weight excluding hydrogens is 523 g/mol. The van der Waals surface area contributed by atoms with Crippen LogP contribution in [-0.4, -0.2) is 63.5 Å². The van der Waals surface area contributed by atoms with Crippen molar-refractivity contribution in [2.75, 3.05) is 6.54 Å². The second kappa shape index (κ2) is 12.7. The number of halogens is 3. The quantitative estimate of drug-likeness (QED) is 0.507. The molecule has 0 bridgehead atoms. The van der Waals surface area contributed by atoms with Gasteiger partial charge in [0, 0.05) is 13.1 Å². The summed E-state index contributed by atoms with van der Waals surface area (Å²) in [6.45, 7) is 0.821. The molecule has 40 heavy (non-hydrogen) atoms. The van der Waals surface area contributed by atoms with Gasteiger partial charge in [0.25, 0.3) is 5.91 Å². The minimum atomic E-state index is -4.96. The topological polar surface area (TPSA) is 90.0 Å². The zero-order chi connectivity index (χ0) is 28.9. The number of nitrogens with one attached hydrogen (secondary N) is 1. The second-order valence-corrected chi connectivity index (χ2v) is 10.4. The summed E-state index contributed by atoms with van der Waals surface area (Å²) in [6, 6.07) is 14.5. The highest BCUT2D eigenvalue weighted by molar-refractivity contribution is 5.99. The molecule has 3 atom stereocenters. The van der Waals surface area contributed by atoms with Crippen molar-refractivity contribution in [1.29, 1.82) is 0 Å². The van der Waals surface area contributed by atoms with E-state index in [1.165, 1.54) is 16.7 Å². The van der Waals surface area contributed by atoms with Crippen LogP contribution in [0.3, 0.4) is 0 Å². The fourth-order valence-electron chi connectivity index (χ4n) is 5.58. The number of nitrogens with zero attached hydrogens (tertiary/aromatic N) is 2. The van der Waals surface area contributed by atoms with Gasteiger partial charge in [0.1, 0.15) is 12.6 Å². The Morgan fingerprint density at radius 2 is 1.60 bits per heavy atom. The molecule has 2 N–H and O–H groups in total. The zero-order valence-corrected chi connectivity index (χ0v) is 22.3. The van der Waals surface area contributed by atoms with Gasteiger partial charge in [-0.05, 0) is 36.3 Å². The van der Waals surface area contributed by atoms with E-state index in [2.05, 4.69) is 5.32 Å². The standard InChI is InChI=1S/C30H34F3N3O4/c1-20(37)35-18-25(22-13-7-3-8-14-22)36(29(40)27(35)23-15-9-4-10-16-23)19-26(38)34-24(28(39)30(31,32)33)17-21-11-5-2-6-12-21/h2-3,5-8,11-14,18,23-24,27-28,39H,4,9-10,15-17,19H2,1H3,(H,34,38). The van der Waals surface area contributed by atoms with Crippen LogP contribution in [0.15, 0.2) is 66.9 Å². The minimum Gasteiger partial charge on any atom is -0.382 e. The van der Waals surface area contributed by atoms with Crippen LogP contribution in [-0.2, 0) is 20.8 Å². The lowest BCUT2D eigenvalue weighted by Crippen LogP contribution is -2.58. The lowest BCUT2D eigenvalue weighted by atomic mass is 9.81.